The van der Waals surface area contributed by atoms with Gasteiger partial charge in [-0.1, -0.05) is 19.0 Å². The molecule has 0 aromatic heterocycles. The van der Waals surface area contributed by atoms with Crippen molar-refractivity contribution in [2.24, 2.45) is 22.4 Å². The van der Waals surface area contributed by atoms with Gasteiger partial charge in [-0.25, -0.2) is 0 Å². The van der Waals surface area contributed by atoms with E-state index in [4.69, 9.17) is 5.21 Å². The van der Waals surface area contributed by atoms with Gasteiger partial charge in [-0.3, -0.25) is 0 Å². The molecule has 0 heterocycles. The SMILES string of the molecule is CNC1(C)C[C@H]2[C@@H](C/C1=N\O)C2(C)C. The molecule has 2 rings (SSSR count). The largest absolute Gasteiger partial charge is 0.411 e. The van der Waals surface area contributed by atoms with Gasteiger partial charge in [0.1, 0.15) is 0 Å². The van der Waals surface area contributed by atoms with Crippen LogP contribution in [0.5, 0.6) is 0 Å². The third-order valence-electron chi connectivity index (χ3n) is 4.64. The Morgan fingerprint density at radius 2 is 2.00 bits per heavy atom. The van der Waals surface area contributed by atoms with Crippen LogP contribution >= 0.6 is 0 Å². The normalized spacial score (nSPS) is 47.6. The molecule has 2 aliphatic rings. The van der Waals surface area contributed by atoms with E-state index in [0.29, 0.717) is 5.41 Å². The number of fused-ring (bicyclic) bond motifs is 1. The highest BCUT2D eigenvalue weighted by Crippen LogP contribution is 2.65. The lowest BCUT2D eigenvalue weighted by atomic mass is 9.81. The molecule has 0 spiro atoms. The fourth-order valence-corrected chi connectivity index (χ4v) is 3.06. The molecule has 0 aromatic rings. The summed E-state index contributed by atoms with van der Waals surface area (Å²) in [7, 11) is 1.95. The van der Waals surface area contributed by atoms with Gasteiger partial charge >= 0.3 is 0 Å². The summed E-state index contributed by atoms with van der Waals surface area (Å²) in [5, 5.41) is 15.8. The minimum absolute atomic E-state index is 0.0936. The van der Waals surface area contributed by atoms with Gasteiger partial charge in [-0.05, 0) is 44.1 Å². The van der Waals surface area contributed by atoms with E-state index < -0.39 is 0 Å². The third kappa shape index (κ3) is 1.11. The molecule has 0 amide bonds. The molecule has 3 nitrogen and oxygen atoms in total. The van der Waals surface area contributed by atoms with Crippen molar-refractivity contribution in [3.05, 3.63) is 0 Å². The number of nitrogens with one attached hydrogen (secondary N) is 1. The van der Waals surface area contributed by atoms with E-state index in [-0.39, 0.29) is 5.54 Å². The lowest BCUT2D eigenvalue weighted by molar-refractivity contribution is 0.298. The lowest BCUT2D eigenvalue weighted by Gasteiger charge is -2.33. The van der Waals surface area contributed by atoms with Crippen molar-refractivity contribution in [1.82, 2.24) is 5.32 Å². The third-order valence-corrected chi connectivity index (χ3v) is 4.64. The molecule has 2 aliphatic carbocycles. The summed E-state index contributed by atoms with van der Waals surface area (Å²) in [6.07, 6.45) is 2.05. The van der Waals surface area contributed by atoms with E-state index >= 15 is 0 Å². The van der Waals surface area contributed by atoms with Gasteiger partial charge < -0.3 is 10.5 Å². The van der Waals surface area contributed by atoms with E-state index in [2.05, 4.69) is 31.2 Å². The maximum absolute atomic E-state index is 9.01. The zero-order chi connectivity index (χ0) is 10.6. The smallest absolute Gasteiger partial charge is 0.0771 e. The van der Waals surface area contributed by atoms with Crippen molar-refractivity contribution >= 4 is 5.71 Å². The molecular formula is C11H20N2O. The molecule has 1 unspecified atom stereocenters. The maximum Gasteiger partial charge on any atom is 0.0771 e. The van der Waals surface area contributed by atoms with Crippen LogP contribution in [0.4, 0.5) is 0 Å². The van der Waals surface area contributed by atoms with E-state index in [1.54, 1.807) is 0 Å². The van der Waals surface area contributed by atoms with E-state index in [9.17, 15) is 0 Å². The van der Waals surface area contributed by atoms with Crippen molar-refractivity contribution in [3.8, 4) is 0 Å². The molecule has 3 atom stereocenters. The summed E-state index contributed by atoms with van der Waals surface area (Å²) in [5.41, 5.74) is 1.28. The topological polar surface area (TPSA) is 44.6 Å². The van der Waals surface area contributed by atoms with Crippen LogP contribution < -0.4 is 5.32 Å². The highest BCUT2D eigenvalue weighted by molar-refractivity contribution is 5.94. The first-order valence-electron chi connectivity index (χ1n) is 5.36. The van der Waals surface area contributed by atoms with Crippen molar-refractivity contribution in [2.75, 3.05) is 7.05 Å². The Balaban J connectivity index is 2.23. The Bertz CT molecular complexity index is 285. The van der Waals surface area contributed by atoms with Crippen molar-refractivity contribution < 1.29 is 5.21 Å². The first-order valence-corrected chi connectivity index (χ1v) is 5.36. The van der Waals surface area contributed by atoms with Gasteiger partial charge in [-0.2, -0.15) is 0 Å². The lowest BCUT2D eigenvalue weighted by Crippen LogP contribution is -2.50. The van der Waals surface area contributed by atoms with Gasteiger partial charge in [0, 0.05) is 0 Å². The molecule has 0 aromatic carbocycles. The molecule has 2 N–H and O–H groups in total. The summed E-state index contributed by atoms with van der Waals surface area (Å²) in [4.78, 5) is 0. The highest BCUT2D eigenvalue weighted by Gasteiger charge is 2.63. The van der Waals surface area contributed by atoms with Gasteiger partial charge in [0.2, 0.25) is 0 Å². The minimum atomic E-state index is -0.0936. The average molecular weight is 196 g/mol. The second-order valence-electron chi connectivity index (χ2n) is 5.57. The van der Waals surface area contributed by atoms with Crippen LogP contribution in [-0.4, -0.2) is 23.5 Å². The van der Waals surface area contributed by atoms with Gasteiger partial charge in [0.15, 0.2) is 0 Å². The Hall–Kier alpha value is -0.570. The number of rotatable bonds is 1. The van der Waals surface area contributed by atoms with Gasteiger partial charge in [0.25, 0.3) is 0 Å². The second kappa shape index (κ2) is 2.72. The van der Waals surface area contributed by atoms with E-state index in [1.165, 1.54) is 0 Å². The van der Waals surface area contributed by atoms with Crippen LogP contribution in [-0.2, 0) is 0 Å². The number of hydrogen-bond donors (Lipinski definition) is 2. The van der Waals surface area contributed by atoms with Crippen LogP contribution in [0.15, 0.2) is 5.16 Å². The molecule has 80 valence electrons. The number of hydrogen-bond acceptors (Lipinski definition) is 3. The Kier molecular flexibility index (Phi) is 1.94. The van der Waals surface area contributed by atoms with Gasteiger partial charge in [0.05, 0.1) is 11.3 Å². The monoisotopic (exact) mass is 196 g/mol. The Morgan fingerprint density at radius 1 is 1.36 bits per heavy atom. The van der Waals surface area contributed by atoms with E-state index in [1.807, 2.05) is 7.05 Å². The molecule has 2 fully saturated rings. The summed E-state index contributed by atoms with van der Waals surface area (Å²) in [5.74, 6) is 1.53. The second-order valence-corrected chi connectivity index (χ2v) is 5.57. The molecule has 0 aliphatic heterocycles. The molecule has 14 heavy (non-hydrogen) atoms. The highest BCUT2D eigenvalue weighted by atomic mass is 16.4. The summed E-state index contributed by atoms with van der Waals surface area (Å²) in [6, 6.07) is 0. The van der Waals surface area contributed by atoms with Gasteiger partial charge in [-0.15, -0.1) is 0 Å². The fraction of sp³-hybridized carbons (Fsp3) is 0.909. The Labute approximate surface area is 85.6 Å². The zero-order valence-electron chi connectivity index (χ0n) is 9.46. The van der Waals surface area contributed by atoms with Crippen molar-refractivity contribution in [1.29, 1.82) is 0 Å². The molecule has 0 radical (unpaired) electrons. The van der Waals surface area contributed by atoms with Crippen LogP contribution in [0.2, 0.25) is 0 Å². The Morgan fingerprint density at radius 3 is 2.50 bits per heavy atom. The molecule has 0 saturated heterocycles. The molecule has 2 saturated carbocycles. The van der Waals surface area contributed by atoms with E-state index in [0.717, 1.165) is 30.4 Å². The summed E-state index contributed by atoms with van der Waals surface area (Å²) >= 11 is 0. The summed E-state index contributed by atoms with van der Waals surface area (Å²) < 4.78 is 0. The van der Waals surface area contributed by atoms with Crippen molar-refractivity contribution in [3.63, 3.8) is 0 Å². The quantitative estimate of drug-likeness (QED) is 0.496. The van der Waals surface area contributed by atoms with Crippen LogP contribution in [0.3, 0.4) is 0 Å². The summed E-state index contributed by atoms with van der Waals surface area (Å²) in [6.45, 7) is 6.77. The predicted octanol–water partition coefficient (Wildman–Crippen LogP) is 1.86. The molecular weight excluding hydrogens is 176 g/mol. The first-order chi connectivity index (χ1) is 6.45. The zero-order valence-corrected chi connectivity index (χ0v) is 9.46. The maximum atomic E-state index is 9.01. The van der Waals surface area contributed by atoms with Crippen LogP contribution in [0, 0.1) is 17.3 Å². The fourth-order valence-electron chi connectivity index (χ4n) is 3.06. The first kappa shape index (κ1) is 9.97. The predicted molar refractivity (Wildman–Crippen MR) is 56.7 cm³/mol. The number of nitrogens with zero attached hydrogens (tertiary/aromatic N) is 1. The van der Waals surface area contributed by atoms with Crippen LogP contribution in [0.25, 0.3) is 0 Å². The molecule has 0 bridgehead atoms. The van der Waals surface area contributed by atoms with Crippen LogP contribution in [0.1, 0.15) is 33.6 Å². The standard InChI is InChI=1S/C11H20N2O/c1-10(2)7-5-9(13-14)11(3,12-4)6-8(7)10/h7-8,12,14H,5-6H2,1-4H3/b13-9+/t7-,8+,11?/m1/s1. The van der Waals surface area contributed by atoms with Crippen molar-refractivity contribution in [2.45, 2.75) is 39.2 Å². The minimum Gasteiger partial charge on any atom is -0.411 e. The average Bonchev–Trinajstić information content (AvgIpc) is 2.66. The number of oxime groups is 1. The molecule has 3 heteroatoms.